The molecule has 1 aliphatic carbocycles. The van der Waals surface area contributed by atoms with Crippen LogP contribution in [0.15, 0.2) is 102 Å². The average molecular weight is 476 g/mol. The van der Waals surface area contributed by atoms with Crippen molar-refractivity contribution in [2.75, 3.05) is 0 Å². The summed E-state index contributed by atoms with van der Waals surface area (Å²) in [5.74, 6) is 0. The van der Waals surface area contributed by atoms with Crippen LogP contribution in [0.3, 0.4) is 0 Å². The predicted octanol–water partition coefficient (Wildman–Crippen LogP) is 8.64. The largest absolute Gasteiger partial charge is 0.255 e. The molecule has 154 valence electrons. The molecular weight excluding hydrogens is 454 g/mol. The van der Waals surface area contributed by atoms with Gasteiger partial charge in [-0.1, -0.05) is 74.5 Å². The first kappa shape index (κ1) is 19.5. The molecule has 1 aliphatic rings. The van der Waals surface area contributed by atoms with Gasteiger partial charge in [-0.25, -0.2) is 0 Å². The van der Waals surface area contributed by atoms with Crippen molar-refractivity contribution < 1.29 is 0 Å². The number of pyridine rings is 1. The van der Waals surface area contributed by atoms with Gasteiger partial charge in [0, 0.05) is 21.6 Å². The third-order valence-electron chi connectivity index (χ3n) is 6.78. The third-order valence-corrected chi connectivity index (χ3v) is 7.25. The molecule has 2 heteroatoms. The highest BCUT2D eigenvalue weighted by atomic mass is 79.9. The van der Waals surface area contributed by atoms with Gasteiger partial charge in [-0.2, -0.15) is 0 Å². The maximum atomic E-state index is 4.60. The van der Waals surface area contributed by atoms with Crippen molar-refractivity contribution in [1.29, 1.82) is 0 Å². The number of hydrogen-bond acceptors (Lipinski definition) is 1. The van der Waals surface area contributed by atoms with Crippen LogP contribution >= 0.6 is 15.9 Å². The summed E-state index contributed by atoms with van der Waals surface area (Å²) in [7, 11) is 0. The maximum absolute atomic E-state index is 4.60. The van der Waals surface area contributed by atoms with Gasteiger partial charge in [-0.15, -0.1) is 0 Å². The van der Waals surface area contributed by atoms with E-state index in [1.807, 2.05) is 12.3 Å². The van der Waals surface area contributed by atoms with E-state index in [0.717, 1.165) is 15.7 Å². The van der Waals surface area contributed by atoms with Crippen LogP contribution in [-0.4, -0.2) is 4.98 Å². The van der Waals surface area contributed by atoms with E-state index in [9.17, 15) is 0 Å². The molecule has 0 unspecified atom stereocenters. The number of benzene rings is 4. The number of rotatable bonds is 2. The highest BCUT2D eigenvalue weighted by Gasteiger charge is 2.35. The van der Waals surface area contributed by atoms with Crippen LogP contribution in [0.5, 0.6) is 0 Å². The zero-order chi connectivity index (χ0) is 21.9. The first-order valence-corrected chi connectivity index (χ1v) is 11.7. The monoisotopic (exact) mass is 475 g/mol. The molecule has 1 heterocycles. The zero-order valence-electron chi connectivity index (χ0n) is 18.1. The fourth-order valence-electron chi connectivity index (χ4n) is 4.99. The maximum Gasteiger partial charge on any atom is 0.0702 e. The van der Waals surface area contributed by atoms with Crippen LogP contribution < -0.4 is 0 Å². The molecule has 5 aromatic rings. The minimum Gasteiger partial charge on any atom is -0.255 e. The molecule has 0 amide bonds. The van der Waals surface area contributed by atoms with Gasteiger partial charge in [0.2, 0.25) is 0 Å². The Bertz CT molecular complexity index is 1500. The van der Waals surface area contributed by atoms with E-state index < -0.39 is 0 Å². The fourth-order valence-corrected chi connectivity index (χ4v) is 5.23. The highest BCUT2D eigenvalue weighted by molar-refractivity contribution is 9.10. The molecule has 1 aromatic heterocycles. The van der Waals surface area contributed by atoms with Crippen molar-refractivity contribution in [3.8, 4) is 33.5 Å². The lowest BCUT2D eigenvalue weighted by Gasteiger charge is -2.22. The topological polar surface area (TPSA) is 12.9 Å². The number of hydrogen-bond donors (Lipinski definition) is 0. The quantitative estimate of drug-likeness (QED) is 0.249. The predicted molar refractivity (Wildman–Crippen MR) is 138 cm³/mol. The molecule has 32 heavy (non-hydrogen) atoms. The molecule has 0 spiro atoms. The van der Waals surface area contributed by atoms with Gasteiger partial charge >= 0.3 is 0 Å². The van der Waals surface area contributed by atoms with Gasteiger partial charge in [0.05, 0.1) is 5.69 Å². The molecular formula is C30H22BrN. The van der Waals surface area contributed by atoms with Gasteiger partial charge in [-0.05, 0) is 90.4 Å². The lowest BCUT2D eigenvalue weighted by molar-refractivity contribution is 0.661. The molecule has 1 nitrogen and oxygen atoms in total. The van der Waals surface area contributed by atoms with Crippen LogP contribution in [0.4, 0.5) is 0 Å². The smallest absolute Gasteiger partial charge is 0.0702 e. The molecule has 0 fully saturated rings. The molecule has 0 radical (unpaired) electrons. The van der Waals surface area contributed by atoms with E-state index in [1.165, 1.54) is 44.2 Å². The van der Waals surface area contributed by atoms with Crippen molar-refractivity contribution in [1.82, 2.24) is 4.98 Å². The van der Waals surface area contributed by atoms with E-state index in [2.05, 4.69) is 120 Å². The number of nitrogens with zero attached hydrogens (tertiary/aromatic N) is 1. The SMILES string of the molecule is CC1(C)c2cc(-c3ccc4ccccc4c3)ccc2-c2ccc(-c3ccc(Br)cn3)cc21. The van der Waals surface area contributed by atoms with E-state index in [-0.39, 0.29) is 5.41 Å². The highest BCUT2D eigenvalue weighted by Crippen LogP contribution is 2.50. The van der Waals surface area contributed by atoms with E-state index in [1.54, 1.807) is 0 Å². The zero-order valence-corrected chi connectivity index (χ0v) is 19.6. The van der Waals surface area contributed by atoms with E-state index in [4.69, 9.17) is 0 Å². The van der Waals surface area contributed by atoms with Crippen molar-refractivity contribution in [2.24, 2.45) is 0 Å². The van der Waals surface area contributed by atoms with E-state index >= 15 is 0 Å². The van der Waals surface area contributed by atoms with Crippen molar-refractivity contribution in [3.05, 3.63) is 113 Å². The molecule has 0 aliphatic heterocycles. The average Bonchev–Trinajstić information content (AvgIpc) is 3.05. The molecule has 4 aromatic carbocycles. The van der Waals surface area contributed by atoms with Crippen molar-refractivity contribution in [3.63, 3.8) is 0 Å². The second-order valence-corrected chi connectivity index (χ2v) is 9.98. The number of aromatic nitrogens is 1. The molecule has 0 bridgehead atoms. The Balaban J connectivity index is 1.45. The lowest BCUT2D eigenvalue weighted by Crippen LogP contribution is -2.15. The second kappa shape index (κ2) is 7.15. The summed E-state index contributed by atoms with van der Waals surface area (Å²) >= 11 is 3.48. The van der Waals surface area contributed by atoms with Crippen LogP contribution in [0.25, 0.3) is 44.3 Å². The van der Waals surface area contributed by atoms with Crippen molar-refractivity contribution >= 4 is 26.7 Å². The third kappa shape index (κ3) is 3.02. The Labute approximate surface area is 196 Å². The van der Waals surface area contributed by atoms with Gasteiger partial charge in [0.15, 0.2) is 0 Å². The summed E-state index contributed by atoms with van der Waals surface area (Å²) in [6, 6.07) is 33.1. The molecule has 0 saturated heterocycles. The Morgan fingerprint density at radius 3 is 1.97 bits per heavy atom. The first-order chi connectivity index (χ1) is 15.5. The minimum absolute atomic E-state index is 0.0666. The Morgan fingerprint density at radius 1 is 0.625 bits per heavy atom. The second-order valence-electron chi connectivity index (χ2n) is 9.07. The summed E-state index contributed by atoms with van der Waals surface area (Å²) in [6.45, 7) is 4.67. The summed E-state index contributed by atoms with van der Waals surface area (Å²) in [4.78, 5) is 4.60. The normalized spacial score (nSPS) is 13.7. The molecule has 0 saturated carbocycles. The number of fused-ring (bicyclic) bond motifs is 4. The van der Waals surface area contributed by atoms with Crippen LogP contribution in [0.1, 0.15) is 25.0 Å². The number of halogens is 1. The van der Waals surface area contributed by atoms with Gasteiger partial charge in [0.25, 0.3) is 0 Å². The summed E-state index contributed by atoms with van der Waals surface area (Å²) < 4.78 is 0.997. The fraction of sp³-hybridized carbons (Fsp3) is 0.100. The minimum atomic E-state index is -0.0666. The molecule has 0 atom stereocenters. The first-order valence-electron chi connectivity index (χ1n) is 10.9. The standard InChI is InChI=1S/C30H22BrN/c1-30(2)27-16-22(21-8-7-19-5-3-4-6-20(19)15-21)9-12-25(27)26-13-10-23(17-28(26)30)29-14-11-24(31)18-32-29/h3-18H,1-2H3. The van der Waals surface area contributed by atoms with Gasteiger partial charge < -0.3 is 0 Å². The van der Waals surface area contributed by atoms with Crippen LogP contribution in [0.2, 0.25) is 0 Å². The van der Waals surface area contributed by atoms with Gasteiger partial charge in [0.1, 0.15) is 0 Å². The summed E-state index contributed by atoms with van der Waals surface area (Å²) in [5, 5.41) is 2.55. The Hall–Kier alpha value is -3.23. The molecule has 0 N–H and O–H groups in total. The Morgan fingerprint density at radius 2 is 1.25 bits per heavy atom. The van der Waals surface area contributed by atoms with Gasteiger partial charge in [-0.3, -0.25) is 4.98 Å². The summed E-state index contributed by atoms with van der Waals surface area (Å²) in [6.07, 6.45) is 1.86. The van der Waals surface area contributed by atoms with E-state index in [0.29, 0.717) is 0 Å². The van der Waals surface area contributed by atoms with Crippen LogP contribution in [0, 0.1) is 0 Å². The van der Waals surface area contributed by atoms with Crippen LogP contribution in [-0.2, 0) is 5.41 Å². The molecule has 6 rings (SSSR count). The Kier molecular flexibility index (Phi) is 4.34. The lowest BCUT2D eigenvalue weighted by atomic mass is 9.81. The summed E-state index contributed by atoms with van der Waals surface area (Å²) in [5.41, 5.74) is 10.0. The van der Waals surface area contributed by atoms with Crippen molar-refractivity contribution in [2.45, 2.75) is 19.3 Å².